The molecule has 0 aromatic heterocycles. The largest absolute Gasteiger partial charge is 0.416 e. The van der Waals surface area contributed by atoms with Crippen LogP contribution < -0.4 is 10.1 Å². The van der Waals surface area contributed by atoms with E-state index in [0.29, 0.717) is 5.56 Å². The number of sulfonamides is 1. The number of anilines is 2. The first-order valence-electron chi connectivity index (χ1n) is 8.99. The molecule has 3 aromatic rings. The second-order valence-electron chi connectivity index (χ2n) is 6.51. The lowest BCUT2D eigenvalue weighted by Crippen LogP contribution is -2.15. The van der Waals surface area contributed by atoms with Crippen LogP contribution in [0, 0.1) is 10.1 Å². The van der Waals surface area contributed by atoms with Crippen LogP contribution in [0.5, 0.6) is 0 Å². The fraction of sp³-hybridized carbons (Fsp3) is 0.0500. The number of para-hydroxylation sites is 1. The Morgan fingerprint density at radius 1 is 1.00 bits per heavy atom. The van der Waals surface area contributed by atoms with E-state index in [2.05, 4.69) is 15.2 Å². The van der Waals surface area contributed by atoms with Crippen LogP contribution in [0.1, 0.15) is 11.1 Å². The molecule has 3 rings (SSSR count). The van der Waals surface area contributed by atoms with Gasteiger partial charge in [0.2, 0.25) is 0 Å². The Hall–Kier alpha value is -3.64. The lowest BCUT2D eigenvalue weighted by atomic mass is 10.1. The normalized spacial score (nSPS) is 12.0. The molecule has 13 heteroatoms. The number of alkyl halides is 3. The summed E-state index contributed by atoms with van der Waals surface area (Å²) < 4.78 is 66.1. The molecule has 172 valence electrons. The predicted octanol–water partition coefficient (Wildman–Crippen LogP) is 5.51. The number of hydrogen-bond donors (Lipinski definition) is 2. The maximum atomic E-state index is 12.9. The van der Waals surface area contributed by atoms with E-state index in [0.717, 1.165) is 30.3 Å². The molecule has 0 unspecified atom stereocenters. The summed E-state index contributed by atoms with van der Waals surface area (Å²) in [5, 5.41) is 15.1. The monoisotopic (exact) mass is 498 g/mol. The van der Waals surface area contributed by atoms with Crippen LogP contribution in [-0.2, 0) is 16.2 Å². The first-order chi connectivity index (χ1) is 15.5. The molecule has 0 spiro atoms. The molecule has 33 heavy (non-hydrogen) atoms. The average Bonchev–Trinajstić information content (AvgIpc) is 2.75. The summed E-state index contributed by atoms with van der Waals surface area (Å²) in [6, 6.07) is 13.2. The number of rotatable bonds is 7. The number of halogens is 4. The highest BCUT2D eigenvalue weighted by molar-refractivity contribution is 7.93. The number of benzene rings is 3. The number of non-ortho nitro benzene ring substituents is 1. The highest BCUT2D eigenvalue weighted by Gasteiger charge is 2.29. The summed E-state index contributed by atoms with van der Waals surface area (Å²) in [6.45, 7) is 0. The van der Waals surface area contributed by atoms with Crippen LogP contribution in [0.25, 0.3) is 0 Å². The van der Waals surface area contributed by atoms with Gasteiger partial charge in [0.25, 0.3) is 15.7 Å². The fourth-order valence-corrected chi connectivity index (χ4v) is 4.11. The van der Waals surface area contributed by atoms with Crippen molar-refractivity contribution < 1.29 is 26.5 Å². The summed E-state index contributed by atoms with van der Waals surface area (Å²) in [6.07, 6.45) is -3.32. The number of nitrogens with one attached hydrogen (secondary N) is 2. The van der Waals surface area contributed by atoms with Crippen molar-refractivity contribution in [3.63, 3.8) is 0 Å². The van der Waals surface area contributed by atoms with Gasteiger partial charge in [0.1, 0.15) is 4.90 Å². The van der Waals surface area contributed by atoms with Crippen molar-refractivity contribution in [1.29, 1.82) is 0 Å². The number of hydrogen-bond acceptors (Lipinski definition) is 6. The van der Waals surface area contributed by atoms with Gasteiger partial charge < -0.3 is 0 Å². The third-order valence-corrected chi connectivity index (χ3v) is 5.96. The van der Waals surface area contributed by atoms with Crippen LogP contribution in [0.3, 0.4) is 0 Å². The van der Waals surface area contributed by atoms with Crippen LogP contribution >= 0.6 is 11.6 Å². The summed E-state index contributed by atoms with van der Waals surface area (Å²) in [5.74, 6) is 0. The molecule has 2 N–H and O–H groups in total. The SMILES string of the molecule is O=[N+]([O-])c1ccc(NN=Cc2ccc(C(F)(F)F)cc2)c(S(=O)(=O)Nc2ccccc2Cl)c1. The molecule has 0 amide bonds. The number of hydrazone groups is 1. The average molecular weight is 499 g/mol. The Kier molecular flexibility index (Phi) is 6.89. The van der Waals surface area contributed by atoms with E-state index in [1.165, 1.54) is 30.5 Å². The Morgan fingerprint density at radius 3 is 2.27 bits per heavy atom. The molecule has 0 radical (unpaired) electrons. The van der Waals surface area contributed by atoms with Crippen LogP contribution in [0.2, 0.25) is 5.02 Å². The molecule has 0 atom stereocenters. The molecule has 0 saturated heterocycles. The molecule has 0 aliphatic heterocycles. The predicted molar refractivity (Wildman–Crippen MR) is 118 cm³/mol. The molecule has 8 nitrogen and oxygen atoms in total. The molecule has 0 heterocycles. The molecule has 0 bridgehead atoms. The molecular formula is C20H14ClF3N4O4S. The zero-order valence-electron chi connectivity index (χ0n) is 16.4. The minimum atomic E-state index is -4.48. The van der Waals surface area contributed by atoms with Crippen molar-refractivity contribution in [2.75, 3.05) is 10.1 Å². The van der Waals surface area contributed by atoms with Gasteiger partial charge in [-0.3, -0.25) is 20.3 Å². The second kappa shape index (κ2) is 9.46. The van der Waals surface area contributed by atoms with E-state index in [-0.39, 0.29) is 16.4 Å². The molecular weight excluding hydrogens is 485 g/mol. The minimum Gasteiger partial charge on any atom is -0.278 e. The Balaban J connectivity index is 1.90. The maximum absolute atomic E-state index is 12.9. The van der Waals surface area contributed by atoms with Crippen molar-refractivity contribution in [2.24, 2.45) is 5.10 Å². The number of nitrogens with zero attached hydrogens (tertiary/aromatic N) is 2. The lowest BCUT2D eigenvalue weighted by molar-refractivity contribution is -0.385. The Labute approximate surface area is 190 Å². The van der Waals surface area contributed by atoms with E-state index in [1.807, 2.05) is 0 Å². The highest BCUT2D eigenvalue weighted by atomic mass is 35.5. The smallest absolute Gasteiger partial charge is 0.278 e. The highest BCUT2D eigenvalue weighted by Crippen LogP contribution is 2.31. The summed E-state index contributed by atoms with van der Waals surface area (Å²) in [4.78, 5) is 9.89. The standard InChI is InChI=1S/C20H14ClF3N4O4S/c21-16-3-1-2-4-17(16)27-33(31,32)19-11-15(28(29)30)9-10-18(19)26-25-12-13-5-7-14(8-6-13)20(22,23)24/h1-12,26-27H. The third-order valence-electron chi connectivity index (χ3n) is 4.22. The first kappa shape index (κ1) is 24.0. The van der Waals surface area contributed by atoms with Crippen LogP contribution in [0.4, 0.5) is 30.2 Å². The van der Waals surface area contributed by atoms with E-state index >= 15 is 0 Å². The maximum Gasteiger partial charge on any atom is 0.416 e. The summed E-state index contributed by atoms with van der Waals surface area (Å²) in [5.41, 5.74) is 1.39. The molecule has 0 aliphatic rings. The van der Waals surface area contributed by atoms with Gasteiger partial charge in [0.15, 0.2) is 0 Å². The van der Waals surface area contributed by atoms with Crippen molar-refractivity contribution in [3.05, 3.63) is 93.0 Å². The van der Waals surface area contributed by atoms with Gasteiger partial charge in [-0.2, -0.15) is 18.3 Å². The van der Waals surface area contributed by atoms with E-state index in [4.69, 9.17) is 11.6 Å². The van der Waals surface area contributed by atoms with Gasteiger partial charge in [0.05, 0.1) is 33.1 Å². The summed E-state index contributed by atoms with van der Waals surface area (Å²) in [7, 11) is -4.34. The first-order valence-corrected chi connectivity index (χ1v) is 10.9. The molecule has 0 fully saturated rings. The third kappa shape index (κ3) is 5.99. The van der Waals surface area contributed by atoms with Gasteiger partial charge in [-0.15, -0.1) is 0 Å². The molecule has 0 aliphatic carbocycles. The van der Waals surface area contributed by atoms with Gasteiger partial charge in [-0.05, 0) is 35.9 Å². The molecule has 0 saturated carbocycles. The van der Waals surface area contributed by atoms with Crippen molar-refractivity contribution in [3.8, 4) is 0 Å². The topological polar surface area (TPSA) is 114 Å². The second-order valence-corrected chi connectivity index (χ2v) is 8.57. The zero-order chi connectivity index (χ0) is 24.2. The van der Waals surface area contributed by atoms with Gasteiger partial charge in [-0.1, -0.05) is 35.9 Å². The fourth-order valence-electron chi connectivity index (χ4n) is 2.62. The summed E-state index contributed by atoms with van der Waals surface area (Å²) >= 11 is 5.99. The van der Waals surface area contributed by atoms with Gasteiger partial charge >= 0.3 is 6.18 Å². The van der Waals surface area contributed by atoms with E-state index in [1.54, 1.807) is 12.1 Å². The van der Waals surface area contributed by atoms with Crippen molar-refractivity contribution in [2.45, 2.75) is 11.1 Å². The number of nitro groups is 1. The van der Waals surface area contributed by atoms with Crippen molar-refractivity contribution in [1.82, 2.24) is 0 Å². The zero-order valence-corrected chi connectivity index (χ0v) is 17.9. The van der Waals surface area contributed by atoms with Gasteiger partial charge in [0, 0.05) is 12.1 Å². The van der Waals surface area contributed by atoms with E-state index < -0.39 is 37.3 Å². The van der Waals surface area contributed by atoms with Crippen LogP contribution in [0.15, 0.2) is 76.7 Å². The van der Waals surface area contributed by atoms with Crippen molar-refractivity contribution >= 4 is 44.9 Å². The quantitative estimate of drug-likeness (QED) is 0.253. The molecule has 3 aromatic carbocycles. The number of nitro benzene ring substituents is 1. The Bertz CT molecular complexity index is 1310. The minimum absolute atomic E-state index is 0.0601. The van der Waals surface area contributed by atoms with Gasteiger partial charge in [-0.25, -0.2) is 8.42 Å². The lowest BCUT2D eigenvalue weighted by Gasteiger charge is -2.13. The van der Waals surface area contributed by atoms with Crippen LogP contribution in [-0.4, -0.2) is 19.6 Å². The Morgan fingerprint density at radius 2 is 1.67 bits per heavy atom. The van der Waals surface area contributed by atoms with E-state index in [9.17, 15) is 31.7 Å².